The van der Waals surface area contributed by atoms with Gasteiger partial charge in [0.2, 0.25) is 5.91 Å². The first-order chi connectivity index (χ1) is 13.0. The van der Waals surface area contributed by atoms with Crippen LogP contribution in [0.3, 0.4) is 0 Å². The molecule has 3 rings (SSSR count). The number of aliphatic hydroxyl groups is 1. The Hall–Kier alpha value is -2.58. The van der Waals surface area contributed by atoms with E-state index in [9.17, 15) is 14.7 Å². The van der Waals surface area contributed by atoms with Crippen molar-refractivity contribution in [3.05, 3.63) is 47.2 Å². The molecule has 8 nitrogen and oxygen atoms in total. The second-order valence-corrected chi connectivity index (χ2v) is 6.98. The first kappa shape index (κ1) is 19.2. The highest BCUT2D eigenvalue weighted by atomic mass is 35.5. The number of β-amino-alcohol motifs (C(OH)–C–C–N with tert-alkyl or cyclic N) is 1. The van der Waals surface area contributed by atoms with Crippen molar-refractivity contribution in [1.29, 1.82) is 0 Å². The van der Waals surface area contributed by atoms with E-state index in [1.165, 1.54) is 4.90 Å². The number of hydrogen-bond donors (Lipinski definition) is 3. The zero-order valence-corrected chi connectivity index (χ0v) is 15.7. The fourth-order valence-electron chi connectivity index (χ4n) is 3.06. The van der Waals surface area contributed by atoms with Gasteiger partial charge in [-0.3, -0.25) is 4.79 Å². The molecule has 0 spiro atoms. The van der Waals surface area contributed by atoms with Gasteiger partial charge in [-0.15, -0.1) is 0 Å². The van der Waals surface area contributed by atoms with Crippen molar-refractivity contribution >= 4 is 23.5 Å². The topological polar surface area (TPSA) is 99.5 Å². The summed E-state index contributed by atoms with van der Waals surface area (Å²) in [6.45, 7) is 0.879. The molecule has 1 aliphatic rings. The first-order valence-corrected chi connectivity index (χ1v) is 9.05. The number of carbonyl (C=O) groups excluding carboxylic acids is 2. The number of hydrogen-bond acceptors (Lipinski definition) is 4. The molecular weight excluding hydrogens is 370 g/mol. The molecule has 2 heterocycles. The summed E-state index contributed by atoms with van der Waals surface area (Å²) in [5.74, 6) is -0.393. The van der Waals surface area contributed by atoms with E-state index in [0.717, 1.165) is 11.3 Å². The number of urea groups is 1. The molecule has 3 N–H and O–H groups in total. The molecular formula is C18H22ClN5O3. The van der Waals surface area contributed by atoms with E-state index >= 15 is 0 Å². The third kappa shape index (κ3) is 4.78. The number of nitrogens with zero attached hydrogens (tertiary/aromatic N) is 3. The largest absolute Gasteiger partial charge is 0.391 e. The van der Waals surface area contributed by atoms with Gasteiger partial charge in [0.05, 0.1) is 18.0 Å². The summed E-state index contributed by atoms with van der Waals surface area (Å²) in [4.78, 5) is 25.4. The predicted molar refractivity (Wildman–Crippen MR) is 101 cm³/mol. The second-order valence-electron chi connectivity index (χ2n) is 6.54. The highest BCUT2D eigenvalue weighted by Crippen LogP contribution is 2.20. The van der Waals surface area contributed by atoms with Crippen LogP contribution in [-0.4, -0.2) is 58.0 Å². The van der Waals surface area contributed by atoms with Crippen molar-refractivity contribution < 1.29 is 14.7 Å². The lowest BCUT2D eigenvalue weighted by Gasteiger charge is -2.16. The Labute approximate surface area is 162 Å². The Morgan fingerprint density at radius 3 is 2.93 bits per heavy atom. The lowest BCUT2D eigenvalue weighted by atomic mass is 10.0. The molecule has 0 unspecified atom stereocenters. The maximum atomic E-state index is 12.3. The lowest BCUT2D eigenvalue weighted by Crippen LogP contribution is -2.38. The Kier molecular flexibility index (Phi) is 5.98. The number of nitrogens with one attached hydrogen (secondary N) is 2. The summed E-state index contributed by atoms with van der Waals surface area (Å²) >= 11 is 5.99. The average Bonchev–Trinajstić information content (AvgIpc) is 3.27. The normalized spacial score (nSPS) is 19.1. The van der Waals surface area contributed by atoms with Gasteiger partial charge < -0.3 is 20.6 Å². The summed E-state index contributed by atoms with van der Waals surface area (Å²) in [6.07, 6.45) is 3.00. The zero-order chi connectivity index (χ0) is 19.4. The molecule has 0 aliphatic carbocycles. The van der Waals surface area contributed by atoms with Gasteiger partial charge >= 0.3 is 6.03 Å². The molecule has 2 atom stereocenters. The van der Waals surface area contributed by atoms with Crippen molar-refractivity contribution in [2.24, 2.45) is 5.92 Å². The van der Waals surface area contributed by atoms with Gasteiger partial charge in [0.1, 0.15) is 0 Å². The summed E-state index contributed by atoms with van der Waals surface area (Å²) in [5.41, 5.74) is 1.67. The van der Waals surface area contributed by atoms with Crippen LogP contribution in [0.4, 0.5) is 4.79 Å². The molecule has 1 aromatic carbocycles. The lowest BCUT2D eigenvalue weighted by molar-refractivity contribution is -0.122. The number of carbonyl (C=O) groups is 2. The molecule has 0 radical (unpaired) electrons. The van der Waals surface area contributed by atoms with Crippen LogP contribution in [0.5, 0.6) is 0 Å². The maximum absolute atomic E-state index is 12.3. The average molecular weight is 392 g/mol. The van der Waals surface area contributed by atoms with Crippen LogP contribution in [0.2, 0.25) is 5.02 Å². The standard InChI is InChI=1S/C18H22ClN5O3/c1-20-17(26)5-13-10-23(11-16(13)25)18(27)21-7-12-8-22-24(9-12)15-4-2-3-14(19)6-15/h2-4,6,8-9,13,16,25H,5,7,10-11H2,1H3,(H,20,26)(H,21,27)/t13-,16-/m1/s1. The van der Waals surface area contributed by atoms with Gasteiger partial charge in [0.25, 0.3) is 0 Å². The van der Waals surface area contributed by atoms with Crippen LogP contribution < -0.4 is 10.6 Å². The minimum absolute atomic E-state index is 0.144. The molecule has 1 aliphatic heterocycles. The summed E-state index contributed by atoms with van der Waals surface area (Å²) in [7, 11) is 1.55. The van der Waals surface area contributed by atoms with Crippen LogP contribution in [0.15, 0.2) is 36.7 Å². The molecule has 0 saturated carbocycles. The van der Waals surface area contributed by atoms with Crippen molar-refractivity contribution in [1.82, 2.24) is 25.3 Å². The van der Waals surface area contributed by atoms with Crippen LogP contribution in [-0.2, 0) is 11.3 Å². The van der Waals surface area contributed by atoms with E-state index in [1.54, 1.807) is 30.1 Å². The number of aliphatic hydroxyl groups excluding tert-OH is 1. The van der Waals surface area contributed by atoms with Gasteiger partial charge in [-0.05, 0) is 18.2 Å². The fraction of sp³-hybridized carbons (Fsp3) is 0.389. The first-order valence-electron chi connectivity index (χ1n) is 8.67. The van der Waals surface area contributed by atoms with Gasteiger partial charge in [-0.2, -0.15) is 5.10 Å². The van der Waals surface area contributed by atoms with Crippen molar-refractivity contribution in [3.63, 3.8) is 0 Å². The molecule has 144 valence electrons. The van der Waals surface area contributed by atoms with Crippen LogP contribution in [0.1, 0.15) is 12.0 Å². The van der Waals surface area contributed by atoms with Crippen molar-refractivity contribution in [2.45, 2.75) is 19.1 Å². The highest BCUT2D eigenvalue weighted by Gasteiger charge is 2.35. The number of amides is 3. The van der Waals surface area contributed by atoms with Crippen LogP contribution in [0.25, 0.3) is 5.69 Å². The minimum Gasteiger partial charge on any atom is -0.391 e. The smallest absolute Gasteiger partial charge is 0.317 e. The minimum atomic E-state index is -0.696. The van der Waals surface area contributed by atoms with Gasteiger partial charge in [-0.25, -0.2) is 9.48 Å². The number of halogens is 1. The number of likely N-dealkylation sites (tertiary alicyclic amines) is 1. The molecule has 27 heavy (non-hydrogen) atoms. The molecule has 1 aromatic heterocycles. The predicted octanol–water partition coefficient (Wildman–Crippen LogP) is 1.16. The Morgan fingerprint density at radius 1 is 1.37 bits per heavy atom. The third-order valence-electron chi connectivity index (χ3n) is 4.57. The number of aromatic nitrogens is 2. The number of rotatable bonds is 5. The van der Waals surface area contributed by atoms with E-state index < -0.39 is 6.10 Å². The van der Waals surface area contributed by atoms with E-state index in [-0.39, 0.29) is 30.8 Å². The SMILES string of the molecule is CNC(=O)C[C@@H]1CN(C(=O)NCc2cnn(-c3cccc(Cl)c3)c2)C[C@H]1O. The summed E-state index contributed by atoms with van der Waals surface area (Å²) in [6, 6.07) is 7.05. The molecule has 3 amide bonds. The van der Waals surface area contributed by atoms with Gasteiger partial charge in [0, 0.05) is 55.8 Å². The van der Waals surface area contributed by atoms with Crippen molar-refractivity contribution in [3.8, 4) is 5.69 Å². The summed E-state index contributed by atoms with van der Waals surface area (Å²) < 4.78 is 1.69. The quantitative estimate of drug-likeness (QED) is 0.712. The van der Waals surface area contributed by atoms with E-state index in [4.69, 9.17) is 11.6 Å². The third-order valence-corrected chi connectivity index (χ3v) is 4.81. The van der Waals surface area contributed by atoms with Gasteiger partial charge in [0.15, 0.2) is 0 Å². The van der Waals surface area contributed by atoms with E-state index in [1.807, 2.05) is 18.3 Å². The molecule has 0 bridgehead atoms. The monoisotopic (exact) mass is 391 g/mol. The highest BCUT2D eigenvalue weighted by molar-refractivity contribution is 6.30. The van der Waals surface area contributed by atoms with Crippen molar-refractivity contribution in [2.75, 3.05) is 20.1 Å². The maximum Gasteiger partial charge on any atom is 0.317 e. The molecule has 1 saturated heterocycles. The van der Waals surface area contributed by atoms with Crippen LogP contribution in [0, 0.1) is 5.92 Å². The Morgan fingerprint density at radius 2 is 2.19 bits per heavy atom. The summed E-state index contributed by atoms with van der Waals surface area (Å²) in [5, 5.41) is 20.3. The van der Waals surface area contributed by atoms with Crippen LogP contribution >= 0.6 is 11.6 Å². The second kappa shape index (κ2) is 8.41. The molecule has 2 aromatic rings. The number of benzene rings is 1. The molecule has 9 heteroatoms. The molecule has 1 fully saturated rings. The van der Waals surface area contributed by atoms with E-state index in [0.29, 0.717) is 18.1 Å². The fourth-order valence-corrected chi connectivity index (χ4v) is 3.25. The zero-order valence-electron chi connectivity index (χ0n) is 14.9. The van der Waals surface area contributed by atoms with Gasteiger partial charge in [-0.1, -0.05) is 17.7 Å². The Bertz CT molecular complexity index is 825. The Balaban J connectivity index is 1.53. The van der Waals surface area contributed by atoms with E-state index in [2.05, 4.69) is 15.7 Å².